The van der Waals surface area contributed by atoms with Crippen molar-refractivity contribution in [1.29, 1.82) is 0 Å². The minimum atomic E-state index is 0.455. The van der Waals surface area contributed by atoms with Gasteiger partial charge < -0.3 is 10.6 Å². The molecule has 108 valence electrons. The fourth-order valence-corrected chi connectivity index (χ4v) is 3.44. The Kier molecular flexibility index (Phi) is 4.78. The second-order valence-electron chi connectivity index (χ2n) is 5.34. The molecule has 0 saturated carbocycles. The smallest absolute Gasteiger partial charge is 0.0904 e. The average molecular weight is 289 g/mol. The first kappa shape index (κ1) is 15.0. The normalized spacial score (nSPS) is 12.4. The highest BCUT2D eigenvalue weighted by Crippen LogP contribution is 2.38. The van der Waals surface area contributed by atoms with Gasteiger partial charge in [-0.15, -0.1) is 11.3 Å². The van der Waals surface area contributed by atoms with Crippen molar-refractivity contribution in [2.24, 2.45) is 5.73 Å². The molecular formula is C16H23N3S. The number of rotatable bonds is 5. The third kappa shape index (κ3) is 3.02. The van der Waals surface area contributed by atoms with Crippen molar-refractivity contribution in [3.05, 3.63) is 34.2 Å². The molecule has 4 heteroatoms. The first-order valence-electron chi connectivity index (χ1n) is 6.98. The zero-order valence-electron chi connectivity index (χ0n) is 12.7. The standard InChI is InChI=1S/C16H23N3S/c1-11(9-10-17)16-15(18-12(2)20-16)13-7-5-6-8-14(13)19(3)4/h5-8,11H,9-10,17H2,1-4H3. The first-order valence-corrected chi connectivity index (χ1v) is 7.80. The summed E-state index contributed by atoms with van der Waals surface area (Å²) < 4.78 is 0. The van der Waals surface area contributed by atoms with Gasteiger partial charge in [0.25, 0.3) is 0 Å². The fraction of sp³-hybridized carbons (Fsp3) is 0.438. The maximum atomic E-state index is 5.72. The summed E-state index contributed by atoms with van der Waals surface area (Å²) in [6.45, 7) is 5.03. The summed E-state index contributed by atoms with van der Waals surface area (Å²) in [6, 6.07) is 8.44. The minimum absolute atomic E-state index is 0.455. The van der Waals surface area contributed by atoms with Crippen LogP contribution in [0.3, 0.4) is 0 Å². The molecule has 0 fully saturated rings. The zero-order chi connectivity index (χ0) is 14.7. The molecule has 0 aliphatic carbocycles. The number of hydrogen-bond acceptors (Lipinski definition) is 4. The third-order valence-electron chi connectivity index (χ3n) is 3.45. The lowest BCUT2D eigenvalue weighted by molar-refractivity contribution is 0.701. The molecule has 0 spiro atoms. The summed E-state index contributed by atoms with van der Waals surface area (Å²) >= 11 is 1.79. The number of thiazole rings is 1. The van der Waals surface area contributed by atoms with E-state index in [9.17, 15) is 0 Å². The molecule has 1 aromatic carbocycles. The molecule has 1 heterocycles. The summed E-state index contributed by atoms with van der Waals surface area (Å²) in [5.41, 5.74) is 9.26. The Balaban J connectivity index is 2.53. The first-order chi connectivity index (χ1) is 9.54. The van der Waals surface area contributed by atoms with Crippen LogP contribution in [0.2, 0.25) is 0 Å². The van der Waals surface area contributed by atoms with Crippen LogP contribution in [0.15, 0.2) is 24.3 Å². The molecule has 2 rings (SSSR count). The van der Waals surface area contributed by atoms with Crippen LogP contribution in [0.1, 0.15) is 29.1 Å². The van der Waals surface area contributed by atoms with Crippen molar-refractivity contribution in [2.75, 3.05) is 25.5 Å². The van der Waals surface area contributed by atoms with Gasteiger partial charge in [0.15, 0.2) is 0 Å². The molecule has 2 aromatic rings. The van der Waals surface area contributed by atoms with E-state index in [0.29, 0.717) is 12.5 Å². The highest BCUT2D eigenvalue weighted by molar-refractivity contribution is 7.12. The molecular weight excluding hydrogens is 266 g/mol. The highest BCUT2D eigenvalue weighted by Gasteiger charge is 2.19. The molecule has 2 N–H and O–H groups in total. The van der Waals surface area contributed by atoms with E-state index < -0.39 is 0 Å². The van der Waals surface area contributed by atoms with E-state index >= 15 is 0 Å². The van der Waals surface area contributed by atoms with Crippen LogP contribution < -0.4 is 10.6 Å². The van der Waals surface area contributed by atoms with Gasteiger partial charge in [-0.1, -0.05) is 25.1 Å². The lowest BCUT2D eigenvalue weighted by Gasteiger charge is -2.18. The minimum Gasteiger partial charge on any atom is -0.377 e. The summed E-state index contributed by atoms with van der Waals surface area (Å²) in [4.78, 5) is 8.27. The van der Waals surface area contributed by atoms with Gasteiger partial charge in [-0.2, -0.15) is 0 Å². The molecule has 0 amide bonds. The van der Waals surface area contributed by atoms with Crippen molar-refractivity contribution < 1.29 is 0 Å². The van der Waals surface area contributed by atoms with Crippen molar-refractivity contribution in [3.8, 4) is 11.3 Å². The maximum Gasteiger partial charge on any atom is 0.0904 e. The van der Waals surface area contributed by atoms with E-state index in [1.807, 2.05) is 0 Å². The average Bonchev–Trinajstić information content (AvgIpc) is 2.81. The summed E-state index contributed by atoms with van der Waals surface area (Å²) in [7, 11) is 4.14. The van der Waals surface area contributed by atoms with Crippen molar-refractivity contribution >= 4 is 17.0 Å². The van der Waals surface area contributed by atoms with Crippen LogP contribution >= 0.6 is 11.3 Å². The SMILES string of the molecule is Cc1nc(-c2ccccc2N(C)C)c(C(C)CCN)s1. The van der Waals surface area contributed by atoms with E-state index in [4.69, 9.17) is 10.7 Å². The van der Waals surface area contributed by atoms with Crippen molar-refractivity contribution in [1.82, 2.24) is 4.98 Å². The number of benzene rings is 1. The number of aromatic nitrogens is 1. The lowest BCUT2D eigenvalue weighted by Crippen LogP contribution is -2.10. The van der Waals surface area contributed by atoms with E-state index in [2.05, 4.69) is 57.1 Å². The quantitative estimate of drug-likeness (QED) is 0.914. The van der Waals surface area contributed by atoms with Crippen LogP contribution in [0, 0.1) is 6.92 Å². The fourth-order valence-electron chi connectivity index (χ4n) is 2.41. The molecule has 1 atom stereocenters. The monoisotopic (exact) mass is 289 g/mol. The third-order valence-corrected chi connectivity index (χ3v) is 4.65. The Morgan fingerprint density at radius 1 is 1.30 bits per heavy atom. The molecule has 0 aliphatic heterocycles. The summed E-state index contributed by atoms with van der Waals surface area (Å²) in [5.74, 6) is 0.455. The molecule has 3 nitrogen and oxygen atoms in total. The van der Waals surface area contributed by atoms with E-state index in [0.717, 1.165) is 17.1 Å². The number of para-hydroxylation sites is 1. The van der Waals surface area contributed by atoms with Gasteiger partial charge in [0, 0.05) is 30.2 Å². The van der Waals surface area contributed by atoms with Crippen molar-refractivity contribution in [3.63, 3.8) is 0 Å². The van der Waals surface area contributed by atoms with Crippen LogP contribution in [0.4, 0.5) is 5.69 Å². The van der Waals surface area contributed by atoms with Gasteiger partial charge >= 0.3 is 0 Å². The molecule has 0 radical (unpaired) electrons. The van der Waals surface area contributed by atoms with Gasteiger partial charge in [0.05, 0.1) is 10.7 Å². The summed E-state index contributed by atoms with van der Waals surface area (Å²) in [5, 5.41) is 1.12. The second kappa shape index (κ2) is 6.37. The lowest BCUT2D eigenvalue weighted by atomic mass is 10.00. The van der Waals surface area contributed by atoms with Crippen LogP contribution in [-0.4, -0.2) is 25.6 Å². The molecule has 1 aromatic heterocycles. The molecule has 0 aliphatic rings. The predicted octanol–water partition coefficient (Wildman–Crippen LogP) is 3.64. The zero-order valence-corrected chi connectivity index (χ0v) is 13.5. The molecule has 0 saturated heterocycles. The van der Waals surface area contributed by atoms with Crippen molar-refractivity contribution in [2.45, 2.75) is 26.2 Å². The van der Waals surface area contributed by atoms with Gasteiger partial charge in [-0.25, -0.2) is 4.98 Å². The van der Waals surface area contributed by atoms with Gasteiger partial charge in [0.1, 0.15) is 0 Å². The number of hydrogen-bond donors (Lipinski definition) is 1. The van der Waals surface area contributed by atoms with E-state index in [1.54, 1.807) is 11.3 Å². The van der Waals surface area contributed by atoms with Crippen LogP contribution in [-0.2, 0) is 0 Å². The molecule has 0 bridgehead atoms. The van der Waals surface area contributed by atoms with E-state index in [1.165, 1.54) is 16.1 Å². The van der Waals surface area contributed by atoms with E-state index in [-0.39, 0.29) is 0 Å². The van der Waals surface area contributed by atoms with Gasteiger partial charge in [0.2, 0.25) is 0 Å². The summed E-state index contributed by atoms with van der Waals surface area (Å²) in [6.07, 6.45) is 0.999. The second-order valence-corrected chi connectivity index (χ2v) is 6.57. The Bertz CT molecular complexity index is 575. The number of anilines is 1. The molecule has 1 unspecified atom stereocenters. The van der Waals surface area contributed by atoms with Gasteiger partial charge in [-0.05, 0) is 31.9 Å². The molecule has 20 heavy (non-hydrogen) atoms. The van der Waals surface area contributed by atoms with Crippen LogP contribution in [0.5, 0.6) is 0 Å². The number of nitrogens with zero attached hydrogens (tertiary/aromatic N) is 2. The Morgan fingerprint density at radius 3 is 2.65 bits per heavy atom. The highest BCUT2D eigenvalue weighted by atomic mass is 32.1. The largest absolute Gasteiger partial charge is 0.377 e. The topological polar surface area (TPSA) is 42.2 Å². The number of nitrogens with two attached hydrogens (primary N) is 1. The Morgan fingerprint density at radius 2 is 2.00 bits per heavy atom. The van der Waals surface area contributed by atoms with Gasteiger partial charge in [-0.3, -0.25) is 0 Å². The van der Waals surface area contributed by atoms with Crippen LogP contribution in [0.25, 0.3) is 11.3 Å². The predicted molar refractivity (Wildman–Crippen MR) is 88.7 cm³/mol. The number of aryl methyl sites for hydroxylation is 1. The Labute approximate surface area is 125 Å². The maximum absolute atomic E-state index is 5.72. The Hall–Kier alpha value is -1.39.